The number of piperidine rings is 1. The third-order valence-electron chi connectivity index (χ3n) is 7.01. The number of nitrogens with one attached hydrogen (secondary N) is 1. The van der Waals surface area contributed by atoms with Crippen molar-refractivity contribution >= 4 is 5.91 Å². The monoisotopic (exact) mass is 410 g/mol. The van der Waals surface area contributed by atoms with E-state index in [9.17, 15) is 4.79 Å². The Kier molecular flexibility index (Phi) is 5.98. The number of imidazole rings is 1. The first-order chi connectivity index (χ1) is 14.5. The Hall–Kier alpha value is -2.18. The number of aryl methyl sites for hydroxylation is 1. The van der Waals surface area contributed by atoms with Gasteiger partial charge < -0.3 is 14.6 Å². The molecule has 162 valence electrons. The van der Waals surface area contributed by atoms with Crippen LogP contribution in [0.1, 0.15) is 56.6 Å². The number of carbonyl (C=O) groups is 1. The van der Waals surface area contributed by atoms with Gasteiger partial charge in [-0.3, -0.25) is 9.69 Å². The van der Waals surface area contributed by atoms with Crippen molar-refractivity contribution in [2.75, 3.05) is 20.2 Å². The number of rotatable bonds is 6. The lowest BCUT2D eigenvalue weighted by Crippen LogP contribution is -2.50. The van der Waals surface area contributed by atoms with E-state index in [4.69, 9.17) is 4.74 Å². The van der Waals surface area contributed by atoms with Crippen LogP contribution in [-0.2, 0) is 28.0 Å². The Balaban J connectivity index is 1.56. The van der Waals surface area contributed by atoms with Crippen LogP contribution in [-0.4, -0.2) is 46.7 Å². The first kappa shape index (κ1) is 21.1. The second-order valence-electron chi connectivity index (χ2n) is 8.95. The van der Waals surface area contributed by atoms with Crippen molar-refractivity contribution in [3.63, 3.8) is 0 Å². The Morgan fingerprint density at radius 2 is 2.03 bits per heavy atom. The summed E-state index contributed by atoms with van der Waals surface area (Å²) in [5.41, 5.74) is 2.51. The molecule has 1 spiro atoms. The molecule has 1 amide bonds. The molecule has 1 saturated heterocycles. The fourth-order valence-electron chi connectivity index (χ4n) is 5.34. The van der Waals surface area contributed by atoms with Crippen LogP contribution >= 0.6 is 0 Å². The van der Waals surface area contributed by atoms with Gasteiger partial charge in [-0.2, -0.15) is 0 Å². The zero-order chi connectivity index (χ0) is 21.3. The van der Waals surface area contributed by atoms with Gasteiger partial charge >= 0.3 is 0 Å². The highest BCUT2D eigenvalue weighted by molar-refractivity contribution is 5.78. The van der Waals surface area contributed by atoms with E-state index in [1.54, 1.807) is 7.11 Å². The minimum atomic E-state index is -0.0911. The molecule has 2 heterocycles. The third-order valence-corrected chi connectivity index (χ3v) is 7.01. The first-order valence-electron chi connectivity index (χ1n) is 11.1. The van der Waals surface area contributed by atoms with Gasteiger partial charge in [-0.15, -0.1) is 0 Å². The predicted octanol–water partition coefficient (Wildman–Crippen LogP) is 3.28. The highest BCUT2D eigenvalue weighted by atomic mass is 16.5. The molecule has 4 rings (SSSR count). The lowest BCUT2D eigenvalue weighted by molar-refractivity contribution is -0.126. The topological polar surface area (TPSA) is 59.4 Å². The van der Waals surface area contributed by atoms with E-state index in [-0.39, 0.29) is 29.4 Å². The number of hydrogen-bond donors (Lipinski definition) is 1. The standard InChI is InChI=1S/C24H34N4O2/c1-5-28-15-12-25-20(28)16-27-13-10-24(11-14-27)19-9-7-6-8-18(19)21(22(24)30-4)26-23(29)17(2)3/h6-9,12,15,17,21-22H,5,10-11,13-14,16H2,1-4H3,(H,26,29)/t21-,22+/m0/s1. The second kappa shape index (κ2) is 8.52. The molecule has 0 bridgehead atoms. The molecule has 2 aliphatic rings. The van der Waals surface area contributed by atoms with Crippen LogP contribution in [0.4, 0.5) is 0 Å². The molecule has 1 N–H and O–H groups in total. The van der Waals surface area contributed by atoms with Gasteiger partial charge in [0.05, 0.1) is 18.7 Å². The highest BCUT2D eigenvalue weighted by Gasteiger charge is 2.54. The maximum atomic E-state index is 12.5. The van der Waals surface area contributed by atoms with Crippen LogP contribution in [0.2, 0.25) is 0 Å². The lowest BCUT2D eigenvalue weighted by atomic mass is 9.72. The molecule has 1 aliphatic carbocycles. The predicted molar refractivity (Wildman–Crippen MR) is 117 cm³/mol. The molecular weight excluding hydrogens is 376 g/mol. The van der Waals surface area contributed by atoms with Crippen molar-refractivity contribution in [3.05, 3.63) is 53.6 Å². The Bertz CT molecular complexity index is 883. The zero-order valence-corrected chi connectivity index (χ0v) is 18.6. The van der Waals surface area contributed by atoms with Crippen molar-refractivity contribution in [1.29, 1.82) is 0 Å². The van der Waals surface area contributed by atoms with E-state index in [1.807, 2.05) is 20.0 Å². The molecule has 6 heteroatoms. The van der Waals surface area contributed by atoms with Gasteiger partial charge in [0.1, 0.15) is 5.82 Å². The summed E-state index contributed by atoms with van der Waals surface area (Å²) in [4.78, 5) is 19.6. The van der Waals surface area contributed by atoms with Crippen LogP contribution in [0.25, 0.3) is 0 Å². The molecule has 2 atom stereocenters. The van der Waals surface area contributed by atoms with Crippen molar-refractivity contribution in [1.82, 2.24) is 19.8 Å². The summed E-state index contributed by atoms with van der Waals surface area (Å²) in [6.07, 6.45) is 5.93. The number of carbonyl (C=O) groups excluding carboxylic acids is 1. The summed E-state index contributed by atoms with van der Waals surface area (Å²) in [5, 5.41) is 3.28. The molecule has 0 unspecified atom stereocenters. The van der Waals surface area contributed by atoms with Gasteiger partial charge in [0.2, 0.25) is 5.91 Å². The molecule has 6 nitrogen and oxygen atoms in total. The maximum absolute atomic E-state index is 12.5. The number of fused-ring (bicyclic) bond motifs is 2. The third kappa shape index (κ3) is 3.56. The molecule has 0 saturated carbocycles. The normalized spacial score (nSPS) is 23.1. The lowest BCUT2D eigenvalue weighted by Gasteiger charge is -2.44. The Morgan fingerprint density at radius 3 is 2.70 bits per heavy atom. The minimum absolute atomic E-state index is 0.0441. The number of likely N-dealkylation sites (tertiary alicyclic amines) is 1. The average molecular weight is 411 g/mol. The quantitative estimate of drug-likeness (QED) is 0.794. The SMILES string of the molecule is CCn1ccnc1CN1CCC2(CC1)c1ccccc1[C@H](NC(=O)C(C)C)[C@H]2OC. The largest absolute Gasteiger partial charge is 0.378 e. The smallest absolute Gasteiger partial charge is 0.223 e. The van der Waals surface area contributed by atoms with Gasteiger partial charge in [-0.05, 0) is 44.0 Å². The highest BCUT2D eigenvalue weighted by Crippen LogP contribution is 2.52. The van der Waals surface area contributed by atoms with Crippen LogP contribution < -0.4 is 5.32 Å². The average Bonchev–Trinajstić information content (AvgIpc) is 3.30. The maximum Gasteiger partial charge on any atom is 0.223 e. The minimum Gasteiger partial charge on any atom is -0.378 e. The number of methoxy groups -OCH3 is 1. The molecular formula is C24H34N4O2. The molecule has 1 aromatic heterocycles. The van der Waals surface area contributed by atoms with Crippen molar-refractivity contribution in [2.45, 2.75) is 64.3 Å². The molecule has 0 radical (unpaired) electrons. The van der Waals surface area contributed by atoms with Crippen molar-refractivity contribution < 1.29 is 9.53 Å². The van der Waals surface area contributed by atoms with Crippen molar-refractivity contribution in [3.8, 4) is 0 Å². The van der Waals surface area contributed by atoms with Crippen LogP contribution in [0, 0.1) is 5.92 Å². The summed E-state index contributed by atoms with van der Waals surface area (Å²) in [5.74, 6) is 1.17. The number of nitrogens with zero attached hydrogens (tertiary/aromatic N) is 3. The summed E-state index contributed by atoms with van der Waals surface area (Å²) in [7, 11) is 1.79. The van der Waals surface area contributed by atoms with Crippen LogP contribution in [0.15, 0.2) is 36.7 Å². The summed E-state index contributed by atoms with van der Waals surface area (Å²) < 4.78 is 8.32. The molecule has 1 aromatic carbocycles. The molecule has 2 aromatic rings. The number of hydrogen-bond acceptors (Lipinski definition) is 4. The first-order valence-corrected chi connectivity index (χ1v) is 11.1. The number of aromatic nitrogens is 2. The van der Waals surface area contributed by atoms with Gasteiger partial charge in [0, 0.05) is 37.4 Å². The molecule has 1 aliphatic heterocycles. The molecule has 1 fully saturated rings. The van der Waals surface area contributed by atoms with E-state index < -0.39 is 0 Å². The Morgan fingerprint density at radius 1 is 1.30 bits per heavy atom. The van der Waals surface area contributed by atoms with E-state index in [1.165, 1.54) is 11.1 Å². The molecule has 30 heavy (non-hydrogen) atoms. The fraction of sp³-hybridized carbons (Fsp3) is 0.583. The number of ether oxygens (including phenoxy) is 1. The van der Waals surface area contributed by atoms with E-state index in [2.05, 4.69) is 57.2 Å². The number of benzene rings is 1. The fourth-order valence-corrected chi connectivity index (χ4v) is 5.34. The summed E-state index contributed by atoms with van der Waals surface area (Å²) in [6, 6.07) is 8.49. The van der Waals surface area contributed by atoms with Crippen molar-refractivity contribution in [2.24, 2.45) is 5.92 Å². The van der Waals surface area contributed by atoms with E-state index in [0.29, 0.717) is 0 Å². The summed E-state index contributed by atoms with van der Waals surface area (Å²) in [6.45, 7) is 9.85. The van der Waals surface area contributed by atoms with Gasteiger partial charge in [0.25, 0.3) is 0 Å². The second-order valence-corrected chi connectivity index (χ2v) is 8.95. The van der Waals surface area contributed by atoms with Crippen LogP contribution in [0.5, 0.6) is 0 Å². The Labute approximate surface area is 179 Å². The van der Waals surface area contributed by atoms with Crippen LogP contribution in [0.3, 0.4) is 0 Å². The van der Waals surface area contributed by atoms with Gasteiger partial charge in [0.15, 0.2) is 0 Å². The van der Waals surface area contributed by atoms with E-state index >= 15 is 0 Å². The zero-order valence-electron chi connectivity index (χ0n) is 18.6. The van der Waals surface area contributed by atoms with Gasteiger partial charge in [-0.1, -0.05) is 38.1 Å². The van der Waals surface area contributed by atoms with Gasteiger partial charge in [-0.25, -0.2) is 4.98 Å². The summed E-state index contributed by atoms with van der Waals surface area (Å²) >= 11 is 0. The van der Waals surface area contributed by atoms with E-state index in [0.717, 1.165) is 44.8 Å². The number of amides is 1.